The number of fused-ring (bicyclic) bond motifs is 1. The maximum atomic E-state index is 13.0. The minimum absolute atomic E-state index is 0.0528. The van der Waals surface area contributed by atoms with Crippen molar-refractivity contribution in [3.8, 4) is 11.5 Å². The summed E-state index contributed by atoms with van der Waals surface area (Å²) in [6.45, 7) is 5.55. The molecule has 0 bridgehead atoms. The molecule has 3 aromatic carbocycles. The third kappa shape index (κ3) is 4.47. The molecule has 0 saturated carbocycles. The number of benzene rings is 3. The standard InChI is InChI=1S/C27H26N4O4/c1-3-18-7-11-25-22(14-18)29-27(35-25)20-8-6-17(2)21(15-20)28-26(32)19-9-10-23(24(16-19)31(33)34)30-12-4-5-13-30/h6-11,14-16H,3-5,12-13H2,1-2H3,(H,28,32). The van der Waals surface area contributed by atoms with E-state index in [1.807, 2.05) is 48.2 Å². The number of carbonyl (C=O) groups is 1. The number of amides is 1. The number of oxazole rings is 1. The van der Waals surface area contributed by atoms with Gasteiger partial charge in [0, 0.05) is 36.0 Å². The van der Waals surface area contributed by atoms with E-state index in [0.29, 0.717) is 22.8 Å². The summed E-state index contributed by atoms with van der Waals surface area (Å²) in [5, 5.41) is 14.6. The Kier molecular flexibility index (Phi) is 5.94. The second-order valence-corrected chi connectivity index (χ2v) is 8.81. The molecule has 1 aliphatic rings. The summed E-state index contributed by atoms with van der Waals surface area (Å²) in [6, 6.07) is 16.2. The monoisotopic (exact) mass is 470 g/mol. The Morgan fingerprint density at radius 2 is 1.91 bits per heavy atom. The molecule has 1 fully saturated rings. The number of rotatable bonds is 6. The number of carbonyl (C=O) groups excluding carboxylic acids is 1. The fourth-order valence-electron chi connectivity index (χ4n) is 4.44. The molecule has 4 aromatic rings. The van der Waals surface area contributed by atoms with E-state index in [9.17, 15) is 14.9 Å². The van der Waals surface area contributed by atoms with Crippen molar-refractivity contribution in [1.82, 2.24) is 4.98 Å². The molecule has 178 valence electrons. The zero-order chi connectivity index (χ0) is 24.5. The van der Waals surface area contributed by atoms with Gasteiger partial charge in [0.15, 0.2) is 5.58 Å². The maximum absolute atomic E-state index is 13.0. The first-order valence-electron chi connectivity index (χ1n) is 11.8. The number of aromatic nitrogens is 1. The predicted octanol–water partition coefficient (Wildman–Crippen LogP) is 6.13. The van der Waals surface area contributed by atoms with Crippen molar-refractivity contribution in [1.29, 1.82) is 0 Å². The van der Waals surface area contributed by atoms with Gasteiger partial charge in [0.1, 0.15) is 11.2 Å². The van der Waals surface area contributed by atoms with E-state index in [2.05, 4.69) is 17.2 Å². The lowest BCUT2D eigenvalue weighted by Gasteiger charge is -2.18. The first-order valence-corrected chi connectivity index (χ1v) is 11.8. The van der Waals surface area contributed by atoms with Gasteiger partial charge < -0.3 is 14.6 Å². The van der Waals surface area contributed by atoms with Crippen LogP contribution in [0.5, 0.6) is 0 Å². The molecule has 0 spiro atoms. The van der Waals surface area contributed by atoms with E-state index in [4.69, 9.17) is 4.42 Å². The van der Waals surface area contributed by atoms with Crippen LogP contribution in [0.2, 0.25) is 0 Å². The Bertz CT molecular complexity index is 1440. The minimum Gasteiger partial charge on any atom is -0.436 e. The van der Waals surface area contributed by atoms with E-state index in [1.54, 1.807) is 12.1 Å². The average molecular weight is 471 g/mol. The molecular formula is C27H26N4O4. The zero-order valence-corrected chi connectivity index (χ0v) is 19.7. The highest BCUT2D eigenvalue weighted by atomic mass is 16.6. The molecule has 8 nitrogen and oxygen atoms in total. The van der Waals surface area contributed by atoms with Crippen molar-refractivity contribution in [2.24, 2.45) is 0 Å². The van der Waals surface area contributed by atoms with Gasteiger partial charge >= 0.3 is 0 Å². The number of nitrogens with zero attached hydrogens (tertiary/aromatic N) is 3. The van der Waals surface area contributed by atoms with Crippen molar-refractivity contribution >= 4 is 34.1 Å². The van der Waals surface area contributed by atoms with Gasteiger partial charge in [0.05, 0.1) is 4.92 Å². The minimum atomic E-state index is -0.423. The average Bonchev–Trinajstić information content (AvgIpc) is 3.54. The Hall–Kier alpha value is -4.20. The van der Waals surface area contributed by atoms with Crippen LogP contribution in [0.3, 0.4) is 0 Å². The van der Waals surface area contributed by atoms with Gasteiger partial charge in [-0.15, -0.1) is 0 Å². The van der Waals surface area contributed by atoms with Crippen LogP contribution in [0.1, 0.15) is 41.3 Å². The van der Waals surface area contributed by atoms with Gasteiger partial charge in [-0.3, -0.25) is 14.9 Å². The molecule has 1 N–H and O–H groups in total. The number of anilines is 2. The molecular weight excluding hydrogens is 444 g/mol. The number of nitrogens with one attached hydrogen (secondary N) is 1. The summed E-state index contributed by atoms with van der Waals surface area (Å²) >= 11 is 0. The van der Waals surface area contributed by atoms with Crippen LogP contribution in [-0.4, -0.2) is 28.9 Å². The van der Waals surface area contributed by atoms with Crippen molar-refractivity contribution in [3.63, 3.8) is 0 Å². The van der Waals surface area contributed by atoms with Crippen molar-refractivity contribution in [2.75, 3.05) is 23.3 Å². The molecule has 0 radical (unpaired) electrons. The molecule has 0 atom stereocenters. The SMILES string of the molecule is CCc1ccc2oc(-c3ccc(C)c(NC(=O)c4ccc(N5CCCC5)c([N+](=O)[O-])c4)c3)nc2c1. The molecule has 0 aliphatic carbocycles. The Morgan fingerprint density at radius 1 is 1.11 bits per heavy atom. The molecule has 1 saturated heterocycles. The molecule has 5 rings (SSSR count). The van der Waals surface area contributed by atoms with E-state index < -0.39 is 10.8 Å². The van der Waals surface area contributed by atoms with Gasteiger partial charge in [-0.05, 0) is 73.7 Å². The summed E-state index contributed by atoms with van der Waals surface area (Å²) in [5.41, 5.74) is 5.59. The summed E-state index contributed by atoms with van der Waals surface area (Å²) in [5.74, 6) is 0.0563. The number of aryl methyl sites for hydroxylation is 2. The lowest BCUT2D eigenvalue weighted by Crippen LogP contribution is -2.20. The number of hydrogen-bond donors (Lipinski definition) is 1. The summed E-state index contributed by atoms with van der Waals surface area (Å²) in [6.07, 6.45) is 2.93. The molecule has 1 amide bonds. The Morgan fingerprint density at radius 3 is 2.66 bits per heavy atom. The van der Waals surface area contributed by atoms with Crippen LogP contribution >= 0.6 is 0 Å². The second-order valence-electron chi connectivity index (χ2n) is 8.81. The van der Waals surface area contributed by atoms with E-state index in [1.165, 1.54) is 11.6 Å². The van der Waals surface area contributed by atoms with E-state index in [-0.39, 0.29) is 11.3 Å². The number of nitro groups is 1. The zero-order valence-electron chi connectivity index (χ0n) is 19.7. The maximum Gasteiger partial charge on any atom is 0.293 e. The topological polar surface area (TPSA) is 102 Å². The van der Waals surface area contributed by atoms with E-state index in [0.717, 1.165) is 49.0 Å². The van der Waals surface area contributed by atoms with Gasteiger partial charge in [-0.25, -0.2) is 4.98 Å². The van der Waals surface area contributed by atoms with Crippen LogP contribution in [0.15, 0.2) is 59.0 Å². The van der Waals surface area contributed by atoms with Gasteiger partial charge in [0.2, 0.25) is 5.89 Å². The van der Waals surface area contributed by atoms with Crippen molar-refractivity contribution in [3.05, 3.63) is 81.4 Å². The van der Waals surface area contributed by atoms with Crippen molar-refractivity contribution in [2.45, 2.75) is 33.1 Å². The highest BCUT2D eigenvalue weighted by Gasteiger charge is 2.24. The smallest absolute Gasteiger partial charge is 0.293 e. The number of nitro benzene ring substituents is 1. The molecule has 1 aromatic heterocycles. The van der Waals surface area contributed by atoms with Crippen LogP contribution in [-0.2, 0) is 6.42 Å². The third-order valence-corrected chi connectivity index (χ3v) is 6.47. The number of hydrogen-bond acceptors (Lipinski definition) is 6. The summed E-state index contributed by atoms with van der Waals surface area (Å²) < 4.78 is 5.94. The Labute approximate surface area is 202 Å². The van der Waals surface area contributed by atoms with Crippen LogP contribution in [0.4, 0.5) is 17.1 Å². The molecule has 8 heteroatoms. The first-order chi connectivity index (χ1) is 16.9. The molecule has 1 aliphatic heterocycles. The highest BCUT2D eigenvalue weighted by molar-refractivity contribution is 6.05. The quantitative estimate of drug-likeness (QED) is 0.269. The summed E-state index contributed by atoms with van der Waals surface area (Å²) in [7, 11) is 0. The van der Waals surface area contributed by atoms with Crippen molar-refractivity contribution < 1.29 is 14.1 Å². The molecule has 2 heterocycles. The van der Waals surface area contributed by atoms with Crippen LogP contribution < -0.4 is 10.2 Å². The second kappa shape index (κ2) is 9.21. The molecule has 0 unspecified atom stereocenters. The summed E-state index contributed by atoms with van der Waals surface area (Å²) in [4.78, 5) is 31.0. The lowest BCUT2D eigenvalue weighted by atomic mass is 10.1. The first kappa shape index (κ1) is 22.6. The Balaban J connectivity index is 1.42. The van der Waals surface area contributed by atoms with Crippen LogP contribution in [0, 0.1) is 17.0 Å². The highest BCUT2D eigenvalue weighted by Crippen LogP contribution is 2.33. The van der Waals surface area contributed by atoms with Gasteiger partial charge in [-0.2, -0.15) is 0 Å². The van der Waals surface area contributed by atoms with Crippen LogP contribution in [0.25, 0.3) is 22.6 Å². The fourth-order valence-corrected chi connectivity index (χ4v) is 4.44. The fraction of sp³-hybridized carbons (Fsp3) is 0.259. The normalized spacial score (nSPS) is 13.4. The van der Waals surface area contributed by atoms with Gasteiger partial charge in [-0.1, -0.05) is 19.1 Å². The molecule has 35 heavy (non-hydrogen) atoms. The largest absolute Gasteiger partial charge is 0.436 e. The lowest BCUT2D eigenvalue weighted by molar-refractivity contribution is -0.384. The van der Waals surface area contributed by atoms with E-state index >= 15 is 0 Å². The predicted molar refractivity (Wildman–Crippen MR) is 136 cm³/mol. The van der Waals surface area contributed by atoms with Gasteiger partial charge in [0.25, 0.3) is 11.6 Å². The third-order valence-electron chi connectivity index (χ3n) is 6.47.